The van der Waals surface area contributed by atoms with Crippen LogP contribution in [0.5, 0.6) is 5.75 Å². The third-order valence-electron chi connectivity index (χ3n) is 1.03. The van der Waals surface area contributed by atoms with Crippen molar-refractivity contribution in [2.75, 3.05) is 0 Å². The van der Waals surface area contributed by atoms with Crippen LogP contribution >= 0.6 is 23.2 Å². The molecule has 11 heavy (non-hydrogen) atoms. The lowest BCUT2D eigenvalue weighted by Gasteiger charge is -1.97. The zero-order valence-corrected chi connectivity index (χ0v) is 6.76. The van der Waals surface area contributed by atoms with Gasteiger partial charge in [0.1, 0.15) is 0 Å². The number of benzene rings is 1. The van der Waals surface area contributed by atoms with E-state index in [4.69, 9.17) is 23.2 Å². The molecule has 1 aromatic rings. The Morgan fingerprint density at radius 1 is 1.36 bits per heavy atom. The summed E-state index contributed by atoms with van der Waals surface area (Å²) in [5.41, 5.74) is 0. The predicted molar refractivity (Wildman–Crippen MR) is 42.9 cm³/mol. The van der Waals surface area contributed by atoms with Crippen LogP contribution in [-0.4, -0.2) is 0 Å². The number of nitrogens with zero attached hydrogens (tertiary/aromatic N) is 1. The van der Waals surface area contributed by atoms with Gasteiger partial charge in [0.05, 0.1) is 5.02 Å². The predicted octanol–water partition coefficient (Wildman–Crippen LogP) is 3.05. The highest BCUT2D eigenvalue weighted by atomic mass is 35.5. The Labute approximate surface area is 72.8 Å². The maximum atomic E-state index is 9.66. The summed E-state index contributed by atoms with van der Waals surface area (Å²) in [6.45, 7) is 0. The highest BCUT2D eigenvalue weighted by Gasteiger charge is 2.01. The third kappa shape index (κ3) is 2.06. The molecule has 0 atom stereocenters. The molecule has 5 heteroatoms. The van der Waals surface area contributed by atoms with Crippen molar-refractivity contribution in [1.29, 1.82) is 0 Å². The maximum absolute atomic E-state index is 9.66. The highest BCUT2D eigenvalue weighted by Crippen LogP contribution is 2.27. The summed E-state index contributed by atoms with van der Waals surface area (Å²) in [5.74, 6) is 0.161. The molecule has 0 saturated heterocycles. The smallest absolute Gasteiger partial charge is 0.181 e. The van der Waals surface area contributed by atoms with Crippen LogP contribution in [0.3, 0.4) is 0 Å². The van der Waals surface area contributed by atoms with Crippen LogP contribution in [0.25, 0.3) is 0 Å². The van der Waals surface area contributed by atoms with Gasteiger partial charge >= 0.3 is 0 Å². The van der Waals surface area contributed by atoms with Crippen molar-refractivity contribution in [3.63, 3.8) is 0 Å². The van der Waals surface area contributed by atoms with Crippen LogP contribution in [0.4, 0.5) is 0 Å². The van der Waals surface area contributed by atoms with Gasteiger partial charge in [0.25, 0.3) is 0 Å². The van der Waals surface area contributed by atoms with Crippen LogP contribution in [0, 0.1) is 4.91 Å². The van der Waals surface area contributed by atoms with E-state index in [-0.39, 0.29) is 5.75 Å². The van der Waals surface area contributed by atoms with Gasteiger partial charge in [-0.05, 0) is 12.1 Å². The normalized spacial score (nSPS) is 9.27. The molecule has 58 valence electrons. The van der Waals surface area contributed by atoms with Gasteiger partial charge in [0, 0.05) is 11.1 Å². The zero-order valence-electron chi connectivity index (χ0n) is 5.25. The molecule has 0 aliphatic carbocycles. The van der Waals surface area contributed by atoms with E-state index in [1.807, 2.05) is 0 Å². The van der Waals surface area contributed by atoms with E-state index in [0.717, 1.165) is 0 Å². The molecule has 0 aromatic heterocycles. The molecule has 3 nitrogen and oxygen atoms in total. The molecule has 1 rings (SSSR count). The molecule has 0 aliphatic rings. The number of halogens is 2. The Hall–Kier alpha value is -0.800. The average molecular weight is 192 g/mol. The second-order valence-electron chi connectivity index (χ2n) is 1.74. The standard InChI is InChI=1S/C6H3Cl2NO2/c7-4-1-2-5(8)6(3-4)11-9-10/h1-3H. The summed E-state index contributed by atoms with van der Waals surface area (Å²) in [6.07, 6.45) is 0. The van der Waals surface area contributed by atoms with Crippen LogP contribution in [0.2, 0.25) is 10.0 Å². The monoisotopic (exact) mass is 191 g/mol. The van der Waals surface area contributed by atoms with E-state index >= 15 is 0 Å². The molecule has 0 fully saturated rings. The van der Waals surface area contributed by atoms with Crippen molar-refractivity contribution >= 4 is 23.2 Å². The van der Waals surface area contributed by atoms with E-state index in [1.54, 1.807) is 6.07 Å². The fourth-order valence-electron chi connectivity index (χ4n) is 0.587. The van der Waals surface area contributed by atoms with Crippen LogP contribution in [0.1, 0.15) is 0 Å². The Morgan fingerprint density at radius 2 is 2.09 bits per heavy atom. The first-order valence-electron chi connectivity index (χ1n) is 2.69. The first-order valence-corrected chi connectivity index (χ1v) is 3.44. The van der Waals surface area contributed by atoms with Gasteiger partial charge in [-0.3, -0.25) is 0 Å². The maximum Gasteiger partial charge on any atom is 0.181 e. The molecule has 0 unspecified atom stereocenters. The third-order valence-corrected chi connectivity index (χ3v) is 1.58. The molecule has 0 spiro atoms. The van der Waals surface area contributed by atoms with Gasteiger partial charge in [-0.25, -0.2) is 0 Å². The Morgan fingerprint density at radius 3 is 2.73 bits per heavy atom. The van der Waals surface area contributed by atoms with Crippen LogP contribution < -0.4 is 4.84 Å². The first kappa shape index (κ1) is 8.30. The van der Waals surface area contributed by atoms with Crippen molar-refractivity contribution in [2.45, 2.75) is 0 Å². The zero-order chi connectivity index (χ0) is 8.27. The lowest BCUT2D eigenvalue weighted by atomic mass is 10.3. The van der Waals surface area contributed by atoms with Crippen molar-refractivity contribution in [3.8, 4) is 5.75 Å². The van der Waals surface area contributed by atoms with Gasteiger partial charge in [-0.15, -0.1) is 4.91 Å². The van der Waals surface area contributed by atoms with E-state index < -0.39 is 0 Å². The molecule has 0 aliphatic heterocycles. The summed E-state index contributed by atoms with van der Waals surface area (Å²) in [7, 11) is 0. The average Bonchev–Trinajstić information content (AvgIpc) is 1.98. The summed E-state index contributed by atoms with van der Waals surface area (Å²) in [6, 6.07) is 4.51. The van der Waals surface area contributed by atoms with Gasteiger partial charge < -0.3 is 4.84 Å². The summed E-state index contributed by atoms with van der Waals surface area (Å²) < 4.78 is 0. The fraction of sp³-hybridized carbons (Fsp3) is 0. The highest BCUT2D eigenvalue weighted by molar-refractivity contribution is 6.34. The van der Waals surface area contributed by atoms with Gasteiger partial charge in [0.15, 0.2) is 11.1 Å². The SMILES string of the molecule is O=NOc1cc(Cl)ccc1Cl. The molecule has 0 bridgehead atoms. The lowest BCUT2D eigenvalue weighted by molar-refractivity contribution is 0.335. The Kier molecular flexibility index (Phi) is 2.68. The van der Waals surface area contributed by atoms with Crippen molar-refractivity contribution < 1.29 is 4.84 Å². The quantitative estimate of drug-likeness (QED) is 0.533. The topological polar surface area (TPSA) is 38.7 Å². The van der Waals surface area contributed by atoms with E-state index in [0.29, 0.717) is 10.0 Å². The van der Waals surface area contributed by atoms with E-state index in [9.17, 15) is 4.91 Å². The molecule has 0 radical (unpaired) electrons. The molecule has 0 amide bonds. The fourth-order valence-corrected chi connectivity index (χ4v) is 0.901. The largest absolute Gasteiger partial charge is 0.322 e. The summed E-state index contributed by atoms with van der Waals surface area (Å²) in [4.78, 5) is 13.9. The Balaban J connectivity index is 3.01. The lowest BCUT2D eigenvalue weighted by Crippen LogP contribution is -1.81. The van der Waals surface area contributed by atoms with Crippen LogP contribution in [-0.2, 0) is 0 Å². The minimum Gasteiger partial charge on any atom is -0.322 e. The van der Waals surface area contributed by atoms with E-state index in [2.05, 4.69) is 10.2 Å². The van der Waals surface area contributed by atoms with Gasteiger partial charge in [0.2, 0.25) is 0 Å². The van der Waals surface area contributed by atoms with Crippen molar-refractivity contribution in [2.24, 2.45) is 5.34 Å². The molecular weight excluding hydrogens is 189 g/mol. The second kappa shape index (κ2) is 3.55. The minimum atomic E-state index is 0.161. The number of rotatable bonds is 2. The van der Waals surface area contributed by atoms with Gasteiger partial charge in [-0.2, -0.15) is 0 Å². The summed E-state index contributed by atoms with van der Waals surface area (Å²) >= 11 is 11.2. The van der Waals surface area contributed by atoms with Gasteiger partial charge in [-0.1, -0.05) is 23.2 Å². The Bertz CT molecular complexity index is 277. The first-order chi connectivity index (χ1) is 5.24. The van der Waals surface area contributed by atoms with Crippen molar-refractivity contribution in [3.05, 3.63) is 33.2 Å². The van der Waals surface area contributed by atoms with E-state index in [1.165, 1.54) is 12.1 Å². The number of hydrogen-bond donors (Lipinski definition) is 0. The molecular formula is C6H3Cl2NO2. The summed E-state index contributed by atoms with van der Waals surface area (Å²) in [5, 5.41) is 2.95. The number of hydrogen-bond acceptors (Lipinski definition) is 3. The second-order valence-corrected chi connectivity index (χ2v) is 2.58. The van der Waals surface area contributed by atoms with Crippen molar-refractivity contribution in [1.82, 2.24) is 0 Å². The molecule has 0 N–H and O–H groups in total. The van der Waals surface area contributed by atoms with Crippen LogP contribution in [0.15, 0.2) is 23.5 Å². The molecule has 0 saturated carbocycles. The molecule has 0 heterocycles. The molecule has 1 aromatic carbocycles. The minimum absolute atomic E-state index is 0.161.